The molecule has 0 saturated heterocycles. The van der Waals surface area contributed by atoms with Crippen LogP contribution in [-0.4, -0.2) is 44.3 Å². The first-order valence-corrected chi connectivity index (χ1v) is 4.37. The van der Waals surface area contributed by atoms with Crippen molar-refractivity contribution >= 4 is 23.9 Å². The number of carbonyl (C=O) groups is 4. The zero-order chi connectivity index (χ0) is 14.0. The third-order valence-electron chi connectivity index (χ3n) is 2.08. The fraction of sp³-hybridized carbons (Fsp3) is 0. The van der Waals surface area contributed by atoms with Gasteiger partial charge < -0.3 is 26.1 Å². The van der Waals surface area contributed by atoms with Gasteiger partial charge in [0.1, 0.15) is 0 Å². The molecule has 0 spiro atoms. The molecule has 0 aromatic heterocycles. The molecule has 8 nitrogen and oxygen atoms in total. The number of hydrogen-bond donors (Lipinski definition) is 4. The molecule has 0 aliphatic rings. The summed E-state index contributed by atoms with van der Waals surface area (Å²) in [4.78, 5) is 43.1. The van der Waals surface area contributed by atoms with Gasteiger partial charge in [-0.1, -0.05) is 0 Å². The zero-order valence-corrected chi connectivity index (χ0v) is 12.6. The van der Waals surface area contributed by atoms with Gasteiger partial charge in [0.2, 0.25) is 0 Å². The molecule has 0 aliphatic heterocycles. The molecule has 1 aromatic carbocycles. The molecule has 1 rings (SSSR count). The van der Waals surface area contributed by atoms with Gasteiger partial charge >= 0.3 is 99.3 Å². The maximum Gasteiger partial charge on any atom is 1.00 e. The van der Waals surface area contributed by atoms with E-state index in [-0.39, 0.29) is 81.1 Å². The van der Waals surface area contributed by atoms with Crippen molar-refractivity contribution in [3.63, 3.8) is 0 Å². The molecule has 22 heavy (non-hydrogen) atoms. The Bertz CT molecular complexity index is 504. The van der Waals surface area contributed by atoms with Crippen molar-refractivity contribution in [2.24, 2.45) is 0 Å². The van der Waals surface area contributed by atoms with Gasteiger partial charge in [-0.25, -0.2) is 19.2 Å². The first-order valence-electron chi connectivity index (χ1n) is 4.37. The van der Waals surface area contributed by atoms with Crippen LogP contribution in [0, 0.1) is 0 Å². The van der Waals surface area contributed by atoms with Crippen molar-refractivity contribution in [2.45, 2.75) is 0 Å². The maximum absolute atomic E-state index is 10.8. The van der Waals surface area contributed by atoms with Gasteiger partial charge in [0, 0.05) is 0 Å². The zero-order valence-electron chi connectivity index (χ0n) is 16.6. The second-order valence-corrected chi connectivity index (χ2v) is 3.16. The van der Waals surface area contributed by atoms with E-state index in [1.54, 1.807) is 0 Å². The van der Waals surface area contributed by atoms with E-state index in [1.165, 1.54) is 0 Å². The second-order valence-electron chi connectivity index (χ2n) is 3.16. The summed E-state index contributed by atoms with van der Waals surface area (Å²) in [7, 11) is 0. The van der Waals surface area contributed by atoms with E-state index in [0.29, 0.717) is 12.1 Å². The Hall–Kier alpha value is -0.510. The summed E-state index contributed by atoms with van der Waals surface area (Å²) >= 11 is 0. The van der Waals surface area contributed by atoms with E-state index in [0.717, 1.165) is 0 Å². The fourth-order valence-corrected chi connectivity index (χ4v) is 1.31. The fourth-order valence-electron chi connectivity index (χ4n) is 1.31. The Balaban J connectivity index is -0.0000000675. The molecule has 0 amide bonds. The third kappa shape index (κ3) is 6.72. The van der Waals surface area contributed by atoms with Crippen LogP contribution < -0.4 is 75.4 Å². The van der Waals surface area contributed by atoms with Crippen LogP contribution in [0.1, 0.15) is 47.1 Å². The standard InChI is InChI=1S/C10H6O8.4Li.4H/c11-7(12)3-1-4(8(13)14)6(10(17)18)2-5(3)9(15)16;;;;;;;;/h1-2H,(H,11,12)(H,13,14)(H,15,16)(H,17,18);;;;;;;;/q;4*+1;4*-1. The monoisotopic (exact) mass is 286 g/mol. The molecule has 12 heteroatoms. The minimum Gasteiger partial charge on any atom is -1.00 e. The summed E-state index contributed by atoms with van der Waals surface area (Å²) in [6.07, 6.45) is 0. The first kappa shape index (κ1) is 29.5. The topological polar surface area (TPSA) is 149 Å². The quantitative estimate of drug-likeness (QED) is 0.398. The minimum atomic E-state index is -1.66. The predicted octanol–water partition coefficient (Wildman–Crippen LogP) is -11.1. The summed E-state index contributed by atoms with van der Waals surface area (Å²) in [5.41, 5.74) is -3.15. The van der Waals surface area contributed by atoms with Crippen LogP contribution in [0.15, 0.2) is 12.1 Å². The number of carboxylic acid groups (broad SMARTS) is 4. The molecule has 0 bridgehead atoms. The largest absolute Gasteiger partial charge is 1.00 e. The number of benzene rings is 1. The number of rotatable bonds is 4. The van der Waals surface area contributed by atoms with Gasteiger partial charge in [-0.15, -0.1) is 0 Å². The average molecular weight is 286 g/mol. The van der Waals surface area contributed by atoms with Gasteiger partial charge in [0.05, 0.1) is 22.3 Å². The molecule has 102 valence electrons. The van der Waals surface area contributed by atoms with Crippen molar-refractivity contribution in [3.05, 3.63) is 34.4 Å². The third-order valence-corrected chi connectivity index (χ3v) is 2.08. The normalized spacial score (nSPS) is 8.00. The summed E-state index contributed by atoms with van der Waals surface area (Å²) < 4.78 is 0. The number of carboxylic acids is 4. The van der Waals surface area contributed by atoms with Crippen LogP contribution in [0.5, 0.6) is 0 Å². The molecule has 0 atom stereocenters. The average Bonchev–Trinajstić information content (AvgIpc) is 2.26. The van der Waals surface area contributed by atoms with Gasteiger partial charge in [0.25, 0.3) is 0 Å². The smallest absolute Gasteiger partial charge is 1.00 e. The molecule has 0 aliphatic carbocycles. The van der Waals surface area contributed by atoms with E-state index >= 15 is 0 Å². The van der Waals surface area contributed by atoms with Crippen LogP contribution >= 0.6 is 0 Å². The number of hydrogen-bond acceptors (Lipinski definition) is 4. The number of aromatic carboxylic acids is 4. The SMILES string of the molecule is O=C(O)c1cc(C(=O)O)c(C(=O)O)cc1C(=O)O.[H-].[H-].[H-].[H-].[Li+].[Li+].[Li+].[Li+]. The van der Waals surface area contributed by atoms with Crippen molar-refractivity contribution < 1.29 is 121 Å². The summed E-state index contributed by atoms with van der Waals surface area (Å²) in [5, 5.41) is 35.0. The first-order chi connectivity index (χ1) is 8.25. The summed E-state index contributed by atoms with van der Waals surface area (Å²) in [5.74, 6) is -6.64. The Morgan fingerprint density at radius 2 is 0.682 bits per heavy atom. The van der Waals surface area contributed by atoms with Gasteiger partial charge in [-0.2, -0.15) is 0 Å². The molecular weight excluding hydrogens is 276 g/mol. The molecular formula is C10H10Li4O8. The molecule has 0 saturated carbocycles. The van der Waals surface area contributed by atoms with Gasteiger partial charge in [0.15, 0.2) is 0 Å². The van der Waals surface area contributed by atoms with E-state index in [4.69, 9.17) is 20.4 Å². The molecule has 0 unspecified atom stereocenters. The van der Waals surface area contributed by atoms with E-state index in [1.807, 2.05) is 0 Å². The van der Waals surface area contributed by atoms with Gasteiger partial charge in [-0.05, 0) is 12.1 Å². The Morgan fingerprint density at radius 3 is 0.773 bits per heavy atom. The summed E-state index contributed by atoms with van der Waals surface area (Å²) in [6.45, 7) is 0. The molecule has 0 heterocycles. The minimum absolute atomic E-state index is 0. The van der Waals surface area contributed by atoms with Crippen LogP contribution in [0.4, 0.5) is 0 Å². The molecule has 0 radical (unpaired) electrons. The van der Waals surface area contributed by atoms with Crippen molar-refractivity contribution in [1.29, 1.82) is 0 Å². The predicted molar refractivity (Wildman–Crippen MR) is 58.7 cm³/mol. The van der Waals surface area contributed by atoms with Crippen molar-refractivity contribution in [2.75, 3.05) is 0 Å². The molecule has 1 aromatic rings. The van der Waals surface area contributed by atoms with Crippen LogP contribution in [0.25, 0.3) is 0 Å². The van der Waals surface area contributed by atoms with Crippen molar-refractivity contribution in [1.82, 2.24) is 0 Å². The van der Waals surface area contributed by atoms with Crippen LogP contribution in [0.2, 0.25) is 0 Å². The van der Waals surface area contributed by atoms with E-state index < -0.39 is 46.1 Å². The maximum atomic E-state index is 10.8. The van der Waals surface area contributed by atoms with E-state index in [9.17, 15) is 19.2 Å². The van der Waals surface area contributed by atoms with Crippen LogP contribution in [-0.2, 0) is 0 Å². The Labute approximate surface area is 178 Å². The Kier molecular flexibility index (Phi) is 16.1. The van der Waals surface area contributed by atoms with Gasteiger partial charge in [-0.3, -0.25) is 0 Å². The van der Waals surface area contributed by atoms with Crippen molar-refractivity contribution in [3.8, 4) is 0 Å². The van der Waals surface area contributed by atoms with E-state index in [2.05, 4.69) is 0 Å². The Morgan fingerprint density at radius 1 is 0.545 bits per heavy atom. The molecule has 4 N–H and O–H groups in total. The van der Waals surface area contributed by atoms with Crippen LogP contribution in [0.3, 0.4) is 0 Å². The second kappa shape index (κ2) is 12.0. The summed E-state index contributed by atoms with van der Waals surface area (Å²) in [6, 6.07) is 1.02. The molecule has 0 fully saturated rings.